The molecule has 2 aromatic heterocycles. The number of hydrogen-bond donors (Lipinski definition) is 1. The van der Waals surface area contributed by atoms with Crippen molar-refractivity contribution in [3.8, 4) is 11.5 Å². The molecule has 0 saturated heterocycles. The summed E-state index contributed by atoms with van der Waals surface area (Å²) >= 11 is 0. The van der Waals surface area contributed by atoms with Crippen molar-refractivity contribution in [1.29, 1.82) is 0 Å². The van der Waals surface area contributed by atoms with Gasteiger partial charge in [0.15, 0.2) is 24.8 Å². The first-order valence-electron chi connectivity index (χ1n) is 37.2. The fraction of sp³-hybridized carbons (Fsp3) is 0.322. The Hall–Kier alpha value is -10.7. The van der Waals surface area contributed by atoms with E-state index >= 15 is 35.1 Å². The van der Waals surface area contributed by atoms with Crippen molar-refractivity contribution in [2.24, 2.45) is 22.1 Å². The summed E-state index contributed by atoms with van der Waals surface area (Å²) in [4.78, 5) is 48.5. The number of benzene rings is 10. The van der Waals surface area contributed by atoms with Crippen LogP contribution in [0.2, 0.25) is 0 Å². The van der Waals surface area contributed by atoms with Gasteiger partial charge < -0.3 is 28.7 Å². The van der Waals surface area contributed by atoms with Crippen LogP contribution in [-0.4, -0.2) is 80.7 Å². The van der Waals surface area contributed by atoms with Crippen LogP contribution in [0.4, 0.5) is 35.1 Å². The average molecular weight is 1490 g/mol. The first kappa shape index (κ1) is 77.9. The maximum absolute atomic E-state index is 16.0. The number of ether oxygens (including phenoxy) is 2. The second kappa shape index (κ2) is 31.9. The molecule has 0 amide bonds. The summed E-state index contributed by atoms with van der Waals surface area (Å²) in [5.74, 6) is -27.5. The minimum Gasteiger partial charge on any atom is -0.486 e. The van der Waals surface area contributed by atoms with Crippen LogP contribution in [-0.2, 0) is 29.1 Å². The van der Waals surface area contributed by atoms with Crippen LogP contribution in [0.5, 0.6) is 11.5 Å². The minimum atomic E-state index is -6.80. The Labute approximate surface area is 628 Å². The molecule has 0 aliphatic rings. The minimum absolute atomic E-state index is 0.121. The number of aromatic nitrogens is 2. The lowest BCUT2D eigenvalue weighted by Crippen LogP contribution is -2.65. The number of rotatable bonds is 31. The van der Waals surface area contributed by atoms with Crippen molar-refractivity contribution < 1.29 is 69.0 Å². The molecule has 1 N–H and O–H groups in total. The van der Waals surface area contributed by atoms with E-state index < -0.39 is 54.4 Å². The molecule has 2 atom stereocenters. The van der Waals surface area contributed by atoms with Crippen LogP contribution >= 0.6 is 0 Å². The number of oxime groups is 2. The zero-order valence-corrected chi connectivity index (χ0v) is 62.8. The van der Waals surface area contributed by atoms with E-state index in [0.29, 0.717) is 57.6 Å². The third-order valence-corrected chi connectivity index (χ3v) is 21.3. The number of carbonyl (C=O) groups is 3. The highest BCUT2D eigenvalue weighted by Crippen LogP contribution is 2.53. The van der Waals surface area contributed by atoms with Crippen LogP contribution in [0.3, 0.4) is 0 Å². The molecule has 0 aliphatic carbocycles. The summed E-state index contributed by atoms with van der Waals surface area (Å²) in [6.07, 6.45) is 8.35. The molecule has 0 fully saturated rings. The van der Waals surface area contributed by atoms with E-state index in [-0.39, 0.29) is 46.3 Å². The molecule has 2 heterocycles. The Morgan fingerprint density at radius 1 is 0.477 bits per heavy atom. The second-order valence-corrected chi connectivity index (χ2v) is 29.1. The molecule has 0 aliphatic heterocycles. The molecule has 0 radical (unpaired) electrons. The molecule has 0 saturated carbocycles. The fourth-order valence-electron chi connectivity index (χ4n) is 15.8. The predicted molar refractivity (Wildman–Crippen MR) is 417 cm³/mol. The van der Waals surface area contributed by atoms with E-state index in [9.17, 15) is 19.6 Å². The number of alkyl halides is 8. The quantitative estimate of drug-likeness (QED) is 0.0114. The highest BCUT2D eigenvalue weighted by atomic mass is 19.4. The number of para-hydroxylation sites is 2. The van der Waals surface area contributed by atoms with Crippen molar-refractivity contribution >= 4 is 94.6 Å². The van der Waals surface area contributed by atoms with Crippen LogP contribution in [0.1, 0.15) is 167 Å². The highest BCUT2D eigenvalue weighted by molar-refractivity contribution is 6.28. The predicted octanol–water partition coefficient (Wildman–Crippen LogP) is 23.3. The van der Waals surface area contributed by atoms with Crippen molar-refractivity contribution in [1.82, 2.24) is 9.13 Å². The van der Waals surface area contributed by atoms with Crippen LogP contribution in [0, 0.1) is 53.4 Å². The number of carbonyl (C=O) groups excluding carboxylic acids is 3. The van der Waals surface area contributed by atoms with Gasteiger partial charge in [-0.25, -0.2) is 4.79 Å². The molecule has 10 aromatic carbocycles. The third kappa shape index (κ3) is 15.1. The second-order valence-electron chi connectivity index (χ2n) is 29.1. The summed E-state index contributed by atoms with van der Waals surface area (Å²) < 4.78 is 142. The lowest BCUT2D eigenvalue weighted by atomic mass is 9.89. The number of hydrogen-bond acceptors (Lipinski definition) is 9. The number of halogens is 8. The van der Waals surface area contributed by atoms with E-state index in [4.69, 9.17) is 14.3 Å². The summed E-state index contributed by atoms with van der Waals surface area (Å²) in [7, 11) is 0. The van der Waals surface area contributed by atoms with Crippen molar-refractivity contribution in [2.75, 3.05) is 13.2 Å². The molecule has 2 unspecified atom stereocenters. The zero-order valence-electron chi connectivity index (χ0n) is 62.8. The van der Waals surface area contributed by atoms with Gasteiger partial charge in [-0.1, -0.05) is 197 Å². The van der Waals surface area contributed by atoms with Crippen LogP contribution in [0.25, 0.3) is 65.2 Å². The van der Waals surface area contributed by atoms with Crippen LogP contribution in [0.15, 0.2) is 180 Å². The summed E-state index contributed by atoms with van der Waals surface area (Å²) in [6, 6.07) is 47.6. The maximum Gasteiger partial charge on any atom is 0.381 e. The van der Waals surface area contributed by atoms with Crippen LogP contribution < -0.4 is 9.47 Å². The van der Waals surface area contributed by atoms with Gasteiger partial charge >= 0.3 is 29.7 Å². The summed E-state index contributed by atoms with van der Waals surface area (Å²) in [5, 5.41) is 24.1. The Morgan fingerprint density at radius 3 is 1.39 bits per heavy atom. The zero-order chi connectivity index (χ0) is 78.0. The molecule has 12 aromatic rings. The fourth-order valence-corrected chi connectivity index (χ4v) is 15.8. The molecular formula is C90H88F8N4O7. The largest absolute Gasteiger partial charge is 0.486 e. The van der Waals surface area contributed by atoms with Gasteiger partial charge in [-0.05, 0) is 165 Å². The molecule has 12 rings (SSSR count). The first-order valence-corrected chi connectivity index (χ1v) is 37.2. The van der Waals surface area contributed by atoms with E-state index in [2.05, 4.69) is 47.1 Å². The van der Waals surface area contributed by atoms with Crippen molar-refractivity contribution in [2.45, 2.75) is 164 Å². The van der Waals surface area contributed by atoms with E-state index in [1.165, 1.54) is 36.4 Å². The normalized spacial score (nSPS) is 13.2. The lowest BCUT2D eigenvalue weighted by molar-refractivity contribution is -0.371. The number of aryl methyl sites for hydroxylation is 6. The third-order valence-electron chi connectivity index (χ3n) is 21.3. The standard InChI is InChI=1S/C90H88F8N4O7/c1-11-15-25-59(13-3)49-101-75-37-35-61(43-69(75)71-46-73(64-28-18-20-30-66(64)83(71)101)85(104)80-55(7)39-53(5)40-56(80)8)44-79(103)109-99-48-63-27-17-23-33-77(63)107-51-87(91,92)89(95,96)90(97,98)88(93,94)52-108-78-34-24-22-32-68(78)82(100-106)62-36-38-76-70(45-62)72-47-74(86(105)81-57(9)41-54(6)42-58(81)10)65-29-19-21-31-67(65)84(72)102(76)50-60(14-4)26-16-12-2/h17-24,27-43,45-48,59-60,106H,11-16,25-26,44,49-52H2,1-10H3/b99-48+,100-82-. The van der Waals surface area contributed by atoms with Gasteiger partial charge in [0.25, 0.3) is 0 Å². The lowest BCUT2D eigenvalue weighted by Gasteiger charge is -2.36. The Morgan fingerprint density at radius 2 is 0.908 bits per heavy atom. The molecule has 0 spiro atoms. The number of nitrogens with zero attached hydrogens (tertiary/aromatic N) is 4. The van der Waals surface area contributed by atoms with E-state index in [0.717, 1.165) is 157 Å². The molecule has 11 nitrogen and oxygen atoms in total. The first-order chi connectivity index (χ1) is 52.1. The Kier molecular flexibility index (Phi) is 22.8. The number of ketones is 2. The SMILES string of the molecule is CCCCC(CC)Cn1c2ccc(CC(=O)O/N=C/c3ccccc3OCC(F)(F)C(F)(F)C(F)(F)C(F)(F)COc3ccccc3/C(=N\O)c3ccc4c(c3)c3cc(C(=O)c5c(C)cc(C)cc5C)c5ccccc5c3n4CC(CC)CCCC)cc2c2cc(C(=O)c3c(C)cc(C)cc3C)c3ccccc3c21. The Balaban J connectivity index is 0.763. The number of unbranched alkanes of at least 4 members (excludes halogenated alkanes) is 2. The molecular weight excluding hydrogens is 1400 g/mol. The van der Waals surface area contributed by atoms with E-state index in [1.54, 1.807) is 24.3 Å². The molecule has 566 valence electrons. The van der Waals surface area contributed by atoms with Gasteiger partial charge in [-0.3, -0.25) is 9.59 Å². The molecule has 19 heteroatoms. The Bertz CT molecular complexity index is 5510. The smallest absolute Gasteiger partial charge is 0.381 e. The topological polar surface area (TPSA) is 134 Å². The monoisotopic (exact) mass is 1490 g/mol. The van der Waals surface area contributed by atoms with Gasteiger partial charge in [0.2, 0.25) is 0 Å². The number of fused-ring (bicyclic) bond motifs is 10. The van der Waals surface area contributed by atoms with Gasteiger partial charge in [0.1, 0.15) is 17.2 Å². The van der Waals surface area contributed by atoms with Gasteiger partial charge in [-0.2, -0.15) is 35.1 Å². The van der Waals surface area contributed by atoms with Crippen molar-refractivity contribution in [3.05, 3.63) is 248 Å². The maximum atomic E-state index is 16.0. The van der Waals surface area contributed by atoms with Gasteiger partial charge in [-0.15, -0.1) is 0 Å². The summed E-state index contributed by atoms with van der Waals surface area (Å²) in [6.45, 7) is 16.4. The van der Waals surface area contributed by atoms with E-state index in [1.807, 2.05) is 139 Å². The molecule has 0 bridgehead atoms. The highest BCUT2D eigenvalue weighted by Gasteiger charge is 2.81. The summed E-state index contributed by atoms with van der Waals surface area (Å²) in [5.41, 5.74) is 10.8. The van der Waals surface area contributed by atoms with Gasteiger partial charge in [0.05, 0.1) is 23.7 Å². The van der Waals surface area contributed by atoms with Gasteiger partial charge in [0, 0.05) is 95.4 Å². The molecule has 109 heavy (non-hydrogen) atoms. The van der Waals surface area contributed by atoms with Crippen molar-refractivity contribution in [3.63, 3.8) is 0 Å². The average Bonchev–Trinajstić information content (AvgIpc) is 1.19.